The summed E-state index contributed by atoms with van der Waals surface area (Å²) in [6.07, 6.45) is 2.57. The molecule has 1 fully saturated rings. The second kappa shape index (κ2) is 10.6. The molecule has 2 aromatic carbocycles. The van der Waals surface area contributed by atoms with Gasteiger partial charge in [-0.3, -0.25) is 9.80 Å². The van der Waals surface area contributed by atoms with Gasteiger partial charge in [0.25, 0.3) is 0 Å². The third-order valence-corrected chi connectivity index (χ3v) is 7.38. The molecule has 0 saturated carbocycles. The molecule has 1 aromatic heterocycles. The van der Waals surface area contributed by atoms with Crippen LogP contribution in [0.2, 0.25) is 0 Å². The summed E-state index contributed by atoms with van der Waals surface area (Å²) in [4.78, 5) is 9.68. The first-order chi connectivity index (χ1) is 16.0. The van der Waals surface area contributed by atoms with Gasteiger partial charge in [0, 0.05) is 55.7 Å². The van der Waals surface area contributed by atoms with Gasteiger partial charge in [0.05, 0.1) is 11.7 Å². The van der Waals surface area contributed by atoms with Crippen LogP contribution in [0, 0.1) is 0 Å². The molecule has 4 rings (SSSR count). The Bertz CT molecular complexity index is 1070. The number of aliphatic hydroxyl groups is 1. The summed E-state index contributed by atoms with van der Waals surface area (Å²) in [7, 11) is 0. The largest absolute Gasteiger partial charge is 0.508 e. The molecule has 0 spiro atoms. The van der Waals surface area contributed by atoms with Crippen molar-refractivity contribution >= 4 is 11.3 Å². The minimum absolute atomic E-state index is 0.0516. The fourth-order valence-electron chi connectivity index (χ4n) is 4.75. The van der Waals surface area contributed by atoms with E-state index in [0.29, 0.717) is 24.3 Å². The van der Waals surface area contributed by atoms with Gasteiger partial charge in [-0.15, -0.1) is 17.9 Å². The molecule has 1 aliphatic heterocycles. The zero-order valence-corrected chi connectivity index (χ0v) is 20.2. The van der Waals surface area contributed by atoms with Crippen LogP contribution >= 0.6 is 11.3 Å². The van der Waals surface area contributed by atoms with E-state index in [1.807, 2.05) is 23.6 Å². The molecule has 3 atom stereocenters. The summed E-state index contributed by atoms with van der Waals surface area (Å²) in [5.74, 6) is 0.291. The maximum absolute atomic E-state index is 10.2. The molecular weight excluding hydrogens is 430 g/mol. The van der Waals surface area contributed by atoms with E-state index in [1.165, 1.54) is 5.56 Å². The average Bonchev–Trinajstić information content (AvgIpc) is 3.27. The maximum Gasteiger partial charge on any atom is 0.123 e. The molecule has 0 unspecified atom stereocenters. The van der Waals surface area contributed by atoms with Gasteiger partial charge in [0.1, 0.15) is 10.8 Å². The Labute approximate surface area is 200 Å². The number of phenolic OH excluding ortho intramolecular Hbond substituents is 1. The number of rotatable bonds is 8. The van der Waals surface area contributed by atoms with Gasteiger partial charge >= 0.3 is 0 Å². The molecule has 3 aromatic rings. The Morgan fingerprint density at radius 1 is 1.12 bits per heavy atom. The molecule has 2 N–H and O–H groups in total. The van der Waals surface area contributed by atoms with Crippen molar-refractivity contribution in [2.24, 2.45) is 0 Å². The zero-order chi connectivity index (χ0) is 23.4. The number of aliphatic hydroxyl groups excluding tert-OH is 1. The molecule has 1 aliphatic rings. The topological polar surface area (TPSA) is 59.8 Å². The summed E-state index contributed by atoms with van der Waals surface area (Å²) in [6, 6.07) is 17.1. The fraction of sp³-hybridized carbons (Fsp3) is 0.370. The van der Waals surface area contributed by atoms with Crippen molar-refractivity contribution in [3.63, 3.8) is 0 Å². The number of piperazine rings is 1. The zero-order valence-electron chi connectivity index (χ0n) is 19.4. The highest BCUT2D eigenvalue weighted by Crippen LogP contribution is 2.35. The average molecular weight is 464 g/mol. The van der Waals surface area contributed by atoms with E-state index in [2.05, 4.69) is 65.5 Å². The molecule has 174 valence electrons. The van der Waals surface area contributed by atoms with E-state index >= 15 is 0 Å². The predicted octanol–water partition coefficient (Wildman–Crippen LogP) is 4.72. The standard InChI is InChI=1S/C27H33N3O2S/c1-4-13-29-16-20(3)30(17-19(29)2)26(23-6-5-7-25(32)15-23)21-8-10-22(11-9-21)27-28-24(12-14-31)18-33-27/h4-11,15,18-20,26,31-32H,1,12-14,16-17H2,2-3H3/t19-,20+,26-/m1/s1. The van der Waals surface area contributed by atoms with Crippen LogP contribution < -0.4 is 0 Å². The van der Waals surface area contributed by atoms with Crippen LogP contribution in [0.1, 0.15) is 36.7 Å². The molecule has 33 heavy (non-hydrogen) atoms. The molecule has 0 aliphatic carbocycles. The fourth-order valence-corrected chi connectivity index (χ4v) is 5.61. The third kappa shape index (κ3) is 5.36. The first-order valence-corrected chi connectivity index (χ1v) is 12.4. The lowest BCUT2D eigenvalue weighted by Crippen LogP contribution is -2.57. The van der Waals surface area contributed by atoms with Gasteiger partial charge in [-0.1, -0.05) is 42.5 Å². The number of phenols is 1. The predicted molar refractivity (Wildman–Crippen MR) is 136 cm³/mol. The normalized spacial score (nSPS) is 20.6. The highest BCUT2D eigenvalue weighted by Gasteiger charge is 2.34. The highest BCUT2D eigenvalue weighted by molar-refractivity contribution is 7.13. The minimum Gasteiger partial charge on any atom is -0.508 e. The van der Waals surface area contributed by atoms with Crippen molar-refractivity contribution < 1.29 is 10.2 Å². The first kappa shape index (κ1) is 23.6. The summed E-state index contributed by atoms with van der Waals surface area (Å²) in [5, 5.41) is 22.4. The third-order valence-electron chi connectivity index (χ3n) is 6.44. The SMILES string of the molecule is C=CCN1C[C@H](C)N([C@H](c2ccc(-c3nc(CCO)cs3)cc2)c2cccc(O)c2)C[C@H]1C. The van der Waals surface area contributed by atoms with E-state index < -0.39 is 0 Å². The van der Waals surface area contributed by atoms with Crippen LogP contribution in [-0.4, -0.2) is 63.3 Å². The number of hydrogen-bond donors (Lipinski definition) is 2. The van der Waals surface area contributed by atoms with Gasteiger partial charge < -0.3 is 10.2 Å². The van der Waals surface area contributed by atoms with E-state index in [0.717, 1.165) is 41.5 Å². The monoisotopic (exact) mass is 463 g/mol. The second-order valence-electron chi connectivity index (χ2n) is 8.87. The summed E-state index contributed by atoms with van der Waals surface area (Å²) in [6.45, 7) is 11.4. The second-order valence-corrected chi connectivity index (χ2v) is 9.73. The number of thiazole rings is 1. The lowest BCUT2D eigenvalue weighted by atomic mass is 9.93. The lowest BCUT2D eigenvalue weighted by Gasteiger charge is -2.47. The van der Waals surface area contributed by atoms with Crippen molar-refractivity contribution in [3.05, 3.63) is 83.4 Å². The van der Waals surface area contributed by atoms with Crippen LogP contribution in [0.5, 0.6) is 5.75 Å². The first-order valence-electron chi connectivity index (χ1n) is 11.6. The molecule has 0 amide bonds. The lowest BCUT2D eigenvalue weighted by molar-refractivity contribution is 0.0306. The van der Waals surface area contributed by atoms with E-state index in [1.54, 1.807) is 17.4 Å². The Hall–Kier alpha value is -2.51. The van der Waals surface area contributed by atoms with Crippen LogP contribution in [0.4, 0.5) is 0 Å². The Kier molecular flexibility index (Phi) is 7.60. The van der Waals surface area contributed by atoms with Crippen molar-refractivity contribution in [2.45, 2.75) is 38.4 Å². The number of nitrogens with zero attached hydrogens (tertiary/aromatic N) is 3. The van der Waals surface area contributed by atoms with E-state index in [-0.39, 0.29) is 12.6 Å². The molecular formula is C27H33N3O2S. The Morgan fingerprint density at radius 3 is 2.61 bits per heavy atom. The van der Waals surface area contributed by atoms with Gasteiger partial charge in [0.2, 0.25) is 0 Å². The minimum atomic E-state index is 0.0516. The van der Waals surface area contributed by atoms with Crippen LogP contribution in [0.25, 0.3) is 10.6 Å². The molecule has 2 heterocycles. The van der Waals surface area contributed by atoms with Crippen LogP contribution in [0.15, 0.2) is 66.6 Å². The molecule has 1 saturated heterocycles. The Balaban J connectivity index is 1.66. The Morgan fingerprint density at radius 2 is 1.91 bits per heavy atom. The summed E-state index contributed by atoms with van der Waals surface area (Å²) in [5.41, 5.74) is 4.31. The summed E-state index contributed by atoms with van der Waals surface area (Å²) >= 11 is 1.61. The van der Waals surface area contributed by atoms with Crippen LogP contribution in [-0.2, 0) is 6.42 Å². The molecule has 0 radical (unpaired) electrons. The van der Waals surface area contributed by atoms with Gasteiger partial charge in [-0.05, 0) is 37.1 Å². The van der Waals surface area contributed by atoms with E-state index in [9.17, 15) is 5.11 Å². The van der Waals surface area contributed by atoms with Crippen molar-refractivity contribution in [2.75, 3.05) is 26.2 Å². The maximum atomic E-state index is 10.2. The van der Waals surface area contributed by atoms with Crippen LogP contribution in [0.3, 0.4) is 0 Å². The summed E-state index contributed by atoms with van der Waals surface area (Å²) < 4.78 is 0. The number of aromatic nitrogens is 1. The van der Waals surface area contributed by atoms with E-state index in [4.69, 9.17) is 5.11 Å². The number of aromatic hydroxyl groups is 1. The smallest absolute Gasteiger partial charge is 0.123 e. The highest BCUT2D eigenvalue weighted by atomic mass is 32.1. The molecule has 6 heteroatoms. The number of hydrogen-bond acceptors (Lipinski definition) is 6. The van der Waals surface area contributed by atoms with Gasteiger partial charge in [0.15, 0.2) is 0 Å². The van der Waals surface area contributed by atoms with Gasteiger partial charge in [-0.25, -0.2) is 4.98 Å². The van der Waals surface area contributed by atoms with Gasteiger partial charge in [-0.2, -0.15) is 0 Å². The molecule has 5 nitrogen and oxygen atoms in total. The molecule has 0 bridgehead atoms. The van der Waals surface area contributed by atoms with Crippen molar-refractivity contribution in [1.29, 1.82) is 0 Å². The number of benzene rings is 2. The van der Waals surface area contributed by atoms with Crippen molar-refractivity contribution in [3.8, 4) is 16.3 Å². The van der Waals surface area contributed by atoms with Crippen molar-refractivity contribution in [1.82, 2.24) is 14.8 Å². The quantitative estimate of drug-likeness (QED) is 0.474.